The minimum Gasteiger partial charge on any atom is -0.393 e. The number of nitrogens with zero attached hydrogens (tertiary/aromatic N) is 2. The second-order valence-corrected chi connectivity index (χ2v) is 7.61. The van der Waals surface area contributed by atoms with Crippen molar-refractivity contribution < 1.29 is 14.7 Å². The topological polar surface area (TPSA) is 60.9 Å². The number of rotatable bonds is 4. The molecule has 0 spiro atoms. The van der Waals surface area contributed by atoms with E-state index in [0.717, 1.165) is 24.1 Å². The van der Waals surface area contributed by atoms with Crippen molar-refractivity contribution in [1.29, 1.82) is 0 Å². The summed E-state index contributed by atoms with van der Waals surface area (Å²) in [6, 6.07) is 3.60. The summed E-state index contributed by atoms with van der Waals surface area (Å²) in [7, 11) is 0. The van der Waals surface area contributed by atoms with Gasteiger partial charge in [-0.25, -0.2) is 0 Å². The van der Waals surface area contributed by atoms with E-state index in [1.54, 1.807) is 23.2 Å². The van der Waals surface area contributed by atoms with Crippen molar-refractivity contribution in [1.82, 2.24) is 9.80 Å². The highest BCUT2D eigenvalue weighted by atomic mass is 32.1. The van der Waals surface area contributed by atoms with Crippen molar-refractivity contribution in [2.45, 2.75) is 44.8 Å². The van der Waals surface area contributed by atoms with Crippen LogP contribution in [0.2, 0.25) is 0 Å². The second kappa shape index (κ2) is 7.01. The molecule has 0 bridgehead atoms. The van der Waals surface area contributed by atoms with Crippen LogP contribution in [0.1, 0.15) is 31.1 Å². The lowest BCUT2D eigenvalue weighted by atomic mass is 10.0. The first-order chi connectivity index (χ1) is 11.1. The van der Waals surface area contributed by atoms with E-state index in [4.69, 9.17) is 0 Å². The van der Waals surface area contributed by atoms with Gasteiger partial charge < -0.3 is 14.9 Å². The van der Waals surface area contributed by atoms with Crippen molar-refractivity contribution in [2.24, 2.45) is 5.92 Å². The number of hydrogen-bond donors (Lipinski definition) is 1. The highest BCUT2D eigenvalue weighted by Gasteiger charge is 2.39. The molecule has 3 rings (SSSR count). The summed E-state index contributed by atoms with van der Waals surface area (Å²) in [6.07, 6.45) is 2.50. The molecule has 1 N–H and O–H groups in total. The summed E-state index contributed by atoms with van der Waals surface area (Å²) in [5, 5.41) is 11.7. The molecule has 2 saturated heterocycles. The van der Waals surface area contributed by atoms with E-state index in [0.29, 0.717) is 26.1 Å². The van der Waals surface area contributed by atoms with Crippen LogP contribution < -0.4 is 0 Å². The van der Waals surface area contributed by atoms with Crippen molar-refractivity contribution >= 4 is 23.2 Å². The molecular weight excluding hydrogens is 312 g/mol. The van der Waals surface area contributed by atoms with Gasteiger partial charge in [-0.3, -0.25) is 9.59 Å². The highest BCUT2D eigenvalue weighted by Crippen LogP contribution is 2.26. The zero-order chi connectivity index (χ0) is 16.4. The minimum atomic E-state index is -0.382. The lowest BCUT2D eigenvalue weighted by molar-refractivity contribution is -0.143. The molecule has 2 fully saturated rings. The summed E-state index contributed by atoms with van der Waals surface area (Å²) in [6.45, 7) is 3.76. The Morgan fingerprint density at radius 2 is 2.22 bits per heavy atom. The first kappa shape index (κ1) is 16.5. The lowest BCUT2D eigenvalue weighted by Crippen LogP contribution is -2.47. The van der Waals surface area contributed by atoms with Gasteiger partial charge in [0.2, 0.25) is 11.8 Å². The lowest BCUT2D eigenvalue weighted by Gasteiger charge is -2.28. The Hall–Kier alpha value is -1.40. The molecule has 1 aromatic heterocycles. The van der Waals surface area contributed by atoms with Crippen molar-refractivity contribution in [3.63, 3.8) is 0 Å². The Kier molecular flexibility index (Phi) is 5.02. The van der Waals surface area contributed by atoms with Gasteiger partial charge in [-0.1, -0.05) is 6.07 Å². The molecule has 0 saturated carbocycles. The summed E-state index contributed by atoms with van der Waals surface area (Å²) in [5.41, 5.74) is 0. The van der Waals surface area contributed by atoms with Crippen LogP contribution >= 0.6 is 11.3 Å². The van der Waals surface area contributed by atoms with Crippen LogP contribution in [-0.4, -0.2) is 58.5 Å². The van der Waals surface area contributed by atoms with Crippen molar-refractivity contribution in [3.8, 4) is 0 Å². The van der Waals surface area contributed by atoms with E-state index in [2.05, 4.69) is 0 Å². The van der Waals surface area contributed by atoms with E-state index in [1.165, 1.54) is 0 Å². The molecule has 23 heavy (non-hydrogen) atoms. The average molecular weight is 336 g/mol. The summed E-state index contributed by atoms with van der Waals surface area (Å²) >= 11 is 1.58. The third-order valence-electron chi connectivity index (χ3n) is 4.98. The third-order valence-corrected chi connectivity index (χ3v) is 5.86. The van der Waals surface area contributed by atoms with Crippen molar-refractivity contribution in [3.05, 3.63) is 22.4 Å². The molecule has 126 valence electrons. The third kappa shape index (κ3) is 3.58. The molecule has 0 radical (unpaired) electrons. The monoisotopic (exact) mass is 336 g/mol. The van der Waals surface area contributed by atoms with Gasteiger partial charge in [0, 0.05) is 30.4 Å². The zero-order valence-electron chi connectivity index (χ0n) is 13.5. The standard InChI is InChI=1S/C17H24N2O3S/c1-12(20)13-6-8-18(11-13)17(22)15-5-2-7-19(15)16(21)10-14-4-3-9-23-14/h3-4,9,12-13,15,20H,2,5-8,10-11H2,1H3. The largest absolute Gasteiger partial charge is 0.393 e. The number of carbonyl (C=O) groups excluding carboxylic acids is 2. The van der Waals surface area contributed by atoms with Gasteiger partial charge in [-0.15, -0.1) is 11.3 Å². The number of likely N-dealkylation sites (tertiary alicyclic amines) is 2. The molecule has 3 unspecified atom stereocenters. The van der Waals surface area contributed by atoms with Crippen LogP contribution in [0.15, 0.2) is 17.5 Å². The number of aliphatic hydroxyl groups is 1. The van der Waals surface area contributed by atoms with E-state index < -0.39 is 0 Å². The highest BCUT2D eigenvalue weighted by molar-refractivity contribution is 7.10. The summed E-state index contributed by atoms with van der Waals surface area (Å²) in [4.78, 5) is 30.0. The van der Waals surface area contributed by atoms with Gasteiger partial charge in [-0.2, -0.15) is 0 Å². The first-order valence-electron chi connectivity index (χ1n) is 8.35. The molecule has 0 aromatic carbocycles. The van der Waals surface area contributed by atoms with Crippen LogP contribution in [0.4, 0.5) is 0 Å². The van der Waals surface area contributed by atoms with Gasteiger partial charge in [0.15, 0.2) is 0 Å². The molecule has 2 aliphatic heterocycles. The minimum absolute atomic E-state index is 0.0505. The van der Waals surface area contributed by atoms with Crippen LogP contribution in [0, 0.1) is 5.92 Å². The fraction of sp³-hybridized carbons (Fsp3) is 0.647. The first-order valence-corrected chi connectivity index (χ1v) is 9.23. The zero-order valence-corrected chi connectivity index (χ0v) is 14.3. The van der Waals surface area contributed by atoms with Crippen LogP contribution in [0.5, 0.6) is 0 Å². The number of aliphatic hydroxyl groups excluding tert-OH is 1. The number of hydrogen-bond acceptors (Lipinski definition) is 4. The van der Waals surface area contributed by atoms with Gasteiger partial charge in [0.25, 0.3) is 0 Å². The molecular formula is C17H24N2O3S. The fourth-order valence-corrected chi connectivity index (χ4v) is 4.27. The molecule has 1 aromatic rings. The summed E-state index contributed by atoms with van der Waals surface area (Å²) < 4.78 is 0. The summed E-state index contributed by atoms with van der Waals surface area (Å²) in [5.74, 6) is 0.273. The number of thiophene rings is 1. The second-order valence-electron chi connectivity index (χ2n) is 6.57. The molecule has 3 heterocycles. The number of carbonyl (C=O) groups is 2. The van der Waals surface area contributed by atoms with E-state index >= 15 is 0 Å². The van der Waals surface area contributed by atoms with Crippen LogP contribution in [0.3, 0.4) is 0 Å². The number of amides is 2. The van der Waals surface area contributed by atoms with Crippen molar-refractivity contribution in [2.75, 3.05) is 19.6 Å². The Morgan fingerprint density at radius 1 is 1.39 bits per heavy atom. The van der Waals surface area contributed by atoms with Crippen LogP contribution in [0.25, 0.3) is 0 Å². The normalized spacial score (nSPS) is 25.8. The maximum Gasteiger partial charge on any atom is 0.245 e. The van der Waals surface area contributed by atoms with Gasteiger partial charge >= 0.3 is 0 Å². The van der Waals surface area contributed by atoms with E-state index in [9.17, 15) is 14.7 Å². The van der Waals surface area contributed by atoms with E-state index in [1.807, 2.05) is 22.4 Å². The van der Waals surface area contributed by atoms with E-state index in [-0.39, 0.29) is 29.9 Å². The average Bonchev–Trinajstić information content (AvgIpc) is 3.26. The molecule has 0 aliphatic carbocycles. The quantitative estimate of drug-likeness (QED) is 0.907. The molecule has 3 atom stereocenters. The Morgan fingerprint density at radius 3 is 2.87 bits per heavy atom. The predicted molar refractivity (Wildman–Crippen MR) is 89.1 cm³/mol. The molecule has 6 heteroatoms. The van der Waals surface area contributed by atoms with Gasteiger partial charge in [-0.05, 0) is 37.6 Å². The van der Waals surface area contributed by atoms with Gasteiger partial charge in [0.05, 0.1) is 12.5 Å². The Labute approximate surface area is 140 Å². The maximum atomic E-state index is 12.8. The maximum absolute atomic E-state index is 12.8. The SMILES string of the molecule is CC(O)C1CCN(C(=O)C2CCCN2C(=O)Cc2cccs2)C1. The smallest absolute Gasteiger partial charge is 0.245 e. The fourth-order valence-electron chi connectivity index (χ4n) is 3.58. The van der Waals surface area contributed by atoms with Gasteiger partial charge in [0.1, 0.15) is 6.04 Å². The Bertz CT molecular complexity index is 558. The molecule has 2 aliphatic rings. The molecule has 5 nitrogen and oxygen atoms in total. The Balaban J connectivity index is 1.62. The predicted octanol–water partition coefficient (Wildman–Crippen LogP) is 1.51. The van der Waals surface area contributed by atoms with Crippen LogP contribution in [-0.2, 0) is 16.0 Å². The molecule has 2 amide bonds.